The lowest BCUT2D eigenvalue weighted by molar-refractivity contribution is -0.169. The van der Waals surface area contributed by atoms with E-state index in [-0.39, 0.29) is 10.2 Å². The Hall–Kier alpha value is 0.0169. The summed E-state index contributed by atoms with van der Waals surface area (Å²) in [6.07, 6.45) is -3.36. The second-order valence-electron chi connectivity index (χ2n) is 2.83. The summed E-state index contributed by atoms with van der Waals surface area (Å²) in [4.78, 5) is 0. The molecule has 0 aromatic carbocycles. The van der Waals surface area contributed by atoms with Crippen LogP contribution in [0.2, 0.25) is 0 Å². The molecule has 4 N–H and O–H groups in total. The van der Waals surface area contributed by atoms with Crippen molar-refractivity contribution < 1.29 is 25.2 Å². The van der Waals surface area contributed by atoms with E-state index in [1.807, 2.05) is 0 Å². The van der Waals surface area contributed by atoms with Gasteiger partial charge in [-0.05, 0) is 0 Å². The van der Waals surface area contributed by atoms with Crippen molar-refractivity contribution in [3.8, 4) is 0 Å². The monoisotopic (exact) mass is 180 g/mol. The molecule has 0 radical (unpaired) electrons. The molecule has 0 unspecified atom stereocenters. The van der Waals surface area contributed by atoms with E-state index >= 15 is 0 Å². The molecule has 0 aromatic rings. The van der Waals surface area contributed by atoms with Gasteiger partial charge in [0.05, 0.1) is 16.8 Å². The van der Waals surface area contributed by atoms with Gasteiger partial charge < -0.3 is 25.2 Å². The summed E-state index contributed by atoms with van der Waals surface area (Å²) in [5, 5.41) is 36.1. The zero-order valence-electron chi connectivity index (χ0n) is 6.14. The Labute approximate surface area is 66.7 Å². The molecule has 6 heteroatoms. The Morgan fingerprint density at radius 1 is 1.45 bits per heavy atom. The molecule has 1 aliphatic rings. The maximum atomic E-state index is 9.25. The van der Waals surface area contributed by atoms with Crippen LogP contribution in [0, 0.1) is 0 Å². The Morgan fingerprint density at radius 2 is 2.00 bits per heavy atom. The highest BCUT2D eigenvalue weighted by Crippen LogP contribution is 2.25. The number of aliphatic hydroxyl groups is 4. The van der Waals surface area contributed by atoms with Gasteiger partial charge >= 0.3 is 0 Å². The van der Waals surface area contributed by atoms with Crippen LogP contribution in [0.1, 0.15) is 0 Å². The Kier molecular flexibility index (Phi) is 2.33. The third kappa shape index (κ3) is 1.46. The van der Waals surface area contributed by atoms with Crippen LogP contribution in [0.5, 0.6) is 0 Å². The molecular formula is C5H12O5Si. The smallest absolute Gasteiger partial charge is 0.166 e. The van der Waals surface area contributed by atoms with Gasteiger partial charge in [-0.25, -0.2) is 0 Å². The van der Waals surface area contributed by atoms with Crippen molar-refractivity contribution in [1.29, 1.82) is 0 Å². The molecule has 1 rings (SSSR count). The van der Waals surface area contributed by atoms with Gasteiger partial charge in [0, 0.05) is 0 Å². The molecule has 1 saturated heterocycles. The van der Waals surface area contributed by atoms with Crippen LogP contribution in [0.15, 0.2) is 0 Å². The van der Waals surface area contributed by atoms with Crippen LogP contribution in [-0.4, -0.2) is 61.0 Å². The quantitative estimate of drug-likeness (QED) is 0.310. The van der Waals surface area contributed by atoms with E-state index in [1.54, 1.807) is 0 Å². The topological polar surface area (TPSA) is 90.2 Å². The van der Waals surface area contributed by atoms with Crippen molar-refractivity contribution in [2.45, 2.75) is 23.7 Å². The summed E-state index contributed by atoms with van der Waals surface area (Å²) < 4.78 is 4.79. The molecule has 0 aromatic heterocycles. The largest absolute Gasteiger partial charge is 0.394 e. The van der Waals surface area contributed by atoms with Gasteiger partial charge in [-0.15, -0.1) is 0 Å². The van der Waals surface area contributed by atoms with Crippen molar-refractivity contribution in [1.82, 2.24) is 0 Å². The van der Waals surface area contributed by atoms with Gasteiger partial charge in [0.25, 0.3) is 0 Å². The minimum atomic E-state index is -1.62. The number of aliphatic hydroxyl groups excluding tert-OH is 3. The third-order valence-corrected chi connectivity index (χ3v) is 2.65. The van der Waals surface area contributed by atoms with E-state index in [1.165, 1.54) is 0 Å². The maximum Gasteiger partial charge on any atom is 0.166 e. The second-order valence-corrected chi connectivity index (χ2v) is 4.26. The van der Waals surface area contributed by atoms with E-state index in [2.05, 4.69) is 0 Å². The molecule has 0 bridgehead atoms. The van der Waals surface area contributed by atoms with Crippen LogP contribution >= 0.6 is 0 Å². The van der Waals surface area contributed by atoms with Gasteiger partial charge in [0.1, 0.15) is 18.3 Å². The lowest BCUT2D eigenvalue weighted by Gasteiger charge is -2.20. The first kappa shape index (κ1) is 9.11. The summed E-state index contributed by atoms with van der Waals surface area (Å²) in [6, 6.07) is 0. The first-order valence-corrected chi connectivity index (χ1v) is 4.36. The Balaban J connectivity index is 2.69. The highest BCUT2D eigenvalue weighted by atomic mass is 28.1. The van der Waals surface area contributed by atoms with E-state index < -0.39 is 30.3 Å². The summed E-state index contributed by atoms with van der Waals surface area (Å²) >= 11 is 0. The van der Waals surface area contributed by atoms with Crippen LogP contribution in [0.4, 0.5) is 0 Å². The fraction of sp³-hybridized carbons (Fsp3) is 1.00. The molecular weight excluding hydrogens is 168 g/mol. The number of hydrogen-bond donors (Lipinski definition) is 4. The first-order valence-electron chi connectivity index (χ1n) is 3.36. The van der Waals surface area contributed by atoms with Gasteiger partial charge in [-0.2, -0.15) is 0 Å². The molecule has 11 heavy (non-hydrogen) atoms. The number of ether oxygens (including phenoxy) is 1. The minimum Gasteiger partial charge on any atom is -0.394 e. The van der Waals surface area contributed by atoms with Crippen molar-refractivity contribution >= 4 is 10.2 Å². The molecule has 4 atom stereocenters. The predicted molar refractivity (Wildman–Crippen MR) is 38.9 cm³/mol. The highest BCUT2D eigenvalue weighted by molar-refractivity contribution is 6.13. The Morgan fingerprint density at radius 3 is 2.18 bits per heavy atom. The lowest BCUT2D eigenvalue weighted by atomic mass is 10.1. The van der Waals surface area contributed by atoms with E-state index in [0.29, 0.717) is 0 Å². The second kappa shape index (κ2) is 2.81. The van der Waals surface area contributed by atoms with Crippen LogP contribution in [-0.2, 0) is 4.74 Å². The minimum absolute atomic E-state index is 0.189. The maximum absolute atomic E-state index is 9.25. The lowest BCUT2D eigenvalue weighted by Crippen LogP contribution is -2.43. The summed E-state index contributed by atoms with van der Waals surface area (Å²) in [6.45, 7) is -0.400. The SMILES string of the molecule is OC[C@H]1O[C@@](O)([SiH3])[C@H](O)[C@H]1O. The average molecular weight is 180 g/mol. The molecule has 0 spiro atoms. The standard InChI is InChI=1S/C5H12O5Si/c6-1-2-3(7)4(8)5(9,11)10-2/h2-4,6-9H,1H2,11H3/t2-,3+,4-,5-/m1/s1. The fourth-order valence-corrected chi connectivity index (χ4v) is 1.76. The van der Waals surface area contributed by atoms with Crippen LogP contribution in [0.25, 0.3) is 0 Å². The summed E-state index contributed by atoms with van der Waals surface area (Å²) in [7, 11) is 0.189. The average Bonchev–Trinajstić information content (AvgIpc) is 2.13. The van der Waals surface area contributed by atoms with E-state index in [0.717, 1.165) is 0 Å². The van der Waals surface area contributed by atoms with Crippen molar-refractivity contribution in [2.24, 2.45) is 0 Å². The summed E-state index contributed by atoms with van der Waals surface area (Å²) in [5.74, 6) is 0. The van der Waals surface area contributed by atoms with Gasteiger partial charge in [0.15, 0.2) is 5.41 Å². The number of hydrogen-bond acceptors (Lipinski definition) is 5. The predicted octanol–water partition coefficient (Wildman–Crippen LogP) is -3.89. The molecule has 1 fully saturated rings. The number of rotatable bonds is 1. The van der Waals surface area contributed by atoms with Crippen LogP contribution < -0.4 is 0 Å². The molecule has 0 amide bonds. The zero-order valence-corrected chi connectivity index (χ0v) is 8.14. The first-order chi connectivity index (χ1) is 4.99. The molecule has 66 valence electrons. The normalized spacial score (nSPS) is 51.8. The van der Waals surface area contributed by atoms with Gasteiger partial charge in [-0.3, -0.25) is 0 Å². The fourth-order valence-electron chi connectivity index (χ4n) is 1.11. The van der Waals surface area contributed by atoms with E-state index in [4.69, 9.17) is 20.1 Å². The zero-order chi connectivity index (χ0) is 8.65. The van der Waals surface area contributed by atoms with E-state index in [9.17, 15) is 5.11 Å². The van der Waals surface area contributed by atoms with Crippen molar-refractivity contribution in [3.05, 3.63) is 0 Å². The Bertz CT molecular complexity index is 150. The van der Waals surface area contributed by atoms with Crippen molar-refractivity contribution in [3.63, 3.8) is 0 Å². The van der Waals surface area contributed by atoms with Crippen LogP contribution in [0.3, 0.4) is 0 Å². The molecule has 1 aliphatic heterocycles. The molecule has 1 heterocycles. The molecule has 0 aliphatic carbocycles. The molecule has 5 nitrogen and oxygen atoms in total. The third-order valence-electron chi connectivity index (χ3n) is 1.82. The van der Waals surface area contributed by atoms with Gasteiger partial charge in [-0.1, -0.05) is 0 Å². The highest BCUT2D eigenvalue weighted by Gasteiger charge is 2.49. The van der Waals surface area contributed by atoms with Gasteiger partial charge in [0.2, 0.25) is 0 Å². The molecule has 0 saturated carbocycles. The van der Waals surface area contributed by atoms with Crippen molar-refractivity contribution in [2.75, 3.05) is 6.61 Å². The summed E-state index contributed by atoms with van der Waals surface area (Å²) in [5.41, 5.74) is -1.62.